The summed E-state index contributed by atoms with van der Waals surface area (Å²) in [7, 11) is 3.82. The molecule has 1 atom stereocenters. The van der Waals surface area contributed by atoms with Crippen molar-refractivity contribution in [3.63, 3.8) is 0 Å². The minimum Gasteiger partial charge on any atom is -0.362 e. The van der Waals surface area contributed by atoms with Gasteiger partial charge in [-0.15, -0.1) is 0 Å². The van der Waals surface area contributed by atoms with Crippen LogP contribution in [0.4, 0.5) is 5.82 Å². The Morgan fingerprint density at radius 2 is 2.00 bits per heavy atom. The molecule has 4 nitrogen and oxygen atoms in total. The molecule has 24 heavy (non-hydrogen) atoms. The van der Waals surface area contributed by atoms with Gasteiger partial charge in [0.15, 0.2) is 0 Å². The van der Waals surface area contributed by atoms with E-state index in [1.54, 1.807) is 6.20 Å². The van der Waals surface area contributed by atoms with Gasteiger partial charge >= 0.3 is 0 Å². The highest BCUT2D eigenvalue weighted by Crippen LogP contribution is 2.29. The Balaban J connectivity index is 1.80. The van der Waals surface area contributed by atoms with Gasteiger partial charge in [0, 0.05) is 44.3 Å². The number of anilines is 1. The lowest BCUT2D eigenvalue weighted by molar-refractivity contribution is 0.0707. The molecule has 0 aliphatic carbocycles. The Kier molecular flexibility index (Phi) is 5.05. The number of carbonyl (C=O) groups is 1. The second-order valence-corrected chi connectivity index (χ2v) is 6.85. The van der Waals surface area contributed by atoms with Crippen LogP contribution in [0.25, 0.3) is 0 Å². The second kappa shape index (κ2) is 7.22. The van der Waals surface area contributed by atoms with Gasteiger partial charge < -0.3 is 9.80 Å². The maximum Gasteiger partial charge on any atom is 0.257 e. The van der Waals surface area contributed by atoms with Crippen molar-refractivity contribution >= 4 is 23.3 Å². The Bertz CT molecular complexity index is 715. The van der Waals surface area contributed by atoms with Gasteiger partial charge in [0.1, 0.15) is 5.82 Å². The van der Waals surface area contributed by atoms with E-state index in [4.69, 9.17) is 11.6 Å². The Hall–Kier alpha value is -2.07. The van der Waals surface area contributed by atoms with Crippen LogP contribution >= 0.6 is 11.6 Å². The summed E-state index contributed by atoms with van der Waals surface area (Å²) in [5.41, 5.74) is 1.91. The normalized spacial score (nSPS) is 17.6. The number of rotatable bonds is 3. The zero-order valence-electron chi connectivity index (χ0n) is 14.1. The number of aromatic nitrogens is 1. The van der Waals surface area contributed by atoms with E-state index in [0.717, 1.165) is 36.8 Å². The third kappa shape index (κ3) is 3.54. The highest BCUT2D eigenvalue weighted by Gasteiger charge is 2.27. The topological polar surface area (TPSA) is 36.4 Å². The molecule has 1 aromatic carbocycles. The molecule has 2 aromatic rings. The van der Waals surface area contributed by atoms with Crippen molar-refractivity contribution in [1.82, 2.24) is 9.88 Å². The first kappa shape index (κ1) is 16.8. The van der Waals surface area contributed by atoms with E-state index in [2.05, 4.69) is 17.1 Å². The van der Waals surface area contributed by atoms with E-state index >= 15 is 0 Å². The fourth-order valence-electron chi connectivity index (χ4n) is 3.26. The van der Waals surface area contributed by atoms with Crippen LogP contribution in [0, 0.1) is 0 Å². The molecule has 126 valence electrons. The first-order valence-corrected chi connectivity index (χ1v) is 8.61. The molecule has 0 saturated carbocycles. The Morgan fingerprint density at radius 3 is 2.71 bits per heavy atom. The van der Waals surface area contributed by atoms with Crippen LogP contribution < -0.4 is 4.90 Å². The molecule has 5 heteroatoms. The van der Waals surface area contributed by atoms with Crippen molar-refractivity contribution in [2.75, 3.05) is 32.1 Å². The van der Waals surface area contributed by atoms with Crippen molar-refractivity contribution in [3.8, 4) is 0 Å². The molecule has 1 fully saturated rings. The van der Waals surface area contributed by atoms with Crippen LogP contribution in [0.1, 0.15) is 34.7 Å². The standard InChI is InChI=1S/C19H22ClN3O/c1-22(2)18-17(6-3-11-21-18)19(24)23-12-4-5-15(13-23)14-7-9-16(20)10-8-14/h3,6-11,15H,4-5,12-13H2,1-2H3/t15-/m0/s1. The SMILES string of the molecule is CN(C)c1ncccc1C(=O)N1CCC[C@H](c2ccc(Cl)cc2)C1. The Morgan fingerprint density at radius 1 is 1.25 bits per heavy atom. The third-order valence-corrected chi connectivity index (χ3v) is 4.74. The van der Waals surface area contributed by atoms with Crippen molar-refractivity contribution in [2.24, 2.45) is 0 Å². The molecule has 1 aliphatic heterocycles. The summed E-state index contributed by atoms with van der Waals surface area (Å²) in [6.45, 7) is 1.53. The van der Waals surface area contributed by atoms with Gasteiger partial charge in [0.05, 0.1) is 5.56 Å². The molecule has 2 heterocycles. The van der Waals surface area contributed by atoms with Crippen LogP contribution in [0.5, 0.6) is 0 Å². The number of halogens is 1. The molecule has 0 radical (unpaired) electrons. The second-order valence-electron chi connectivity index (χ2n) is 6.41. The summed E-state index contributed by atoms with van der Waals surface area (Å²) in [6.07, 6.45) is 3.83. The molecule has 0 bridgehead atoms. The predicted octanol–water partition coefficient (Wildman–Crippen LogP) is 3.82. The smallest absolute Gasteiger partial charge is 0.257 e. The van der Waals surface area contributed by atoms with Gasteiger partial charge in [-0.05, 0) is 42.7 Å². The first-order valence-electron chi connectivity index (χ1n) is 8.23. The predicted molar refractivity (Wildman–Crippen MR) is 97.9 cm³/mol. The monoisotopic (exact) mass is 343 g/mol. The number of piperidine rings is 1. The van der Waals surface area contributed by atoms with Crippen molar-refractivity contribution in [2.45, 2.75) is 18.8 Å². The fourth-order valence-corrected chi connectivity index (χ4v) is 3.39. The molecule has 1 amide bonds. The molecular formula is C19H22ClN3O. The van der Waals surface area contributed by atoms with Crippen molar-refractivity contribution < 1.29 is 4.79 Å². The molecular weight excluding hydrogens is 322 g/mol. The number of hydrogen-bond acceptors (Lipinski definition) is 3. The fraction of sp³-hybridized carbons (Fsp3) is 0.368. The van der Waals surface area contributed by atoms with Crippen LogP contribution in [0.2, 0.25) is 5.02 Å². The van der Waals surface area contributed by atoms with Crippen LogP contribution in [-0.4, -0.2) is 43.0 Å². The molecule has 0 unspecified atom stereocenters. The third-order valence-electron chi connectivity index (χ3n) is 4.49. The van der Waals surface area contributed by atoms with Crippen LogP contribution in [-0.2, 0) is 0 Å². The van der Waals surface area contributed by atoms with Crippen LogP contribution in [0.15, 0.2) is 42.6 Å². The Labute approximate surface area is 148 Å². The van der Waals surface area contributed by atoms with E-state index in [1.165, 1.54) is 5.56 Å². The summed E-state index contributed by atoms with van der Waals surface area (Å²) in [4.78, 5) is 21.2. The number of pyridine rings is 1. The zero-order valence-corrected chi connectivity index (χ0v) is 14.8. The van der Waals surface area contributed by atoms with Gasteiger partial charge in [-0.1, -0.05) is 23.7 Å². The summed E-state index contributed by atoms with van der Waals surface area (Å²) >= 11 is 5.98. The van der Waals surface area contributed by atoms with Gasteiger partial charge in [-0.3, -0.25) is 4.79 Å². The molecule has 1 aromatic heterocycles. The first-order chi connectivity index (χ1) is 11.6. The van der Waals surface area contributed by atoms with Crippen molar-refractivity contribution in [3.05, 3.63) is 58.7 Å². The number of hydrogen-bond donors (Lipinski definition) is 0. The highest BCUT2D eigenvalue weighted by molar-refractivity contribution is 6.30. The number of carbonyl (C=O) groups excluding carboxylic acids is 1. The summed E-state index contributed by atoms with van der Waals surface area (Å²) in [6, 6.07) is 11.6. The van der Waals surface area contributed by atoms with Crippen molar-refractivity contribution in [1.29, 1.82) is 0 Å². The van der Waals surface area contributed by atoms with E-state index in [9.17, 15) is 4.79 Å². The summed E-state index contributed by atoms with van der Waals surface area (Å²) in [5.74, 6) is 1.14. The number of nitrogens with zero attached hydrogens (tertiary/aromatic N) is 3. The van der Waals surface area contributed by atoms with Gasteiger partial charge in [0.25, 0.3) is 5.91 Å². The van der Waals surface area contributed by atoms with Gasteiger partial charge in [-0.25, -0.2) is 4.98 Å². The van der Waals surface area contributed by atoms with E-state index in [-0.39, 0.29) is 5.91 Å². The largest absolute Gasteiger partial charge is 0.362 e. The molecule has 1 aliphatic rings. The molecule has 1 saturated heterocycles. The zero-order chi connectivity index (χ0) is 17.1. The maximum atomic E-state index is 13.0. The van der Waals surface area contributed by atoms with E-state index in [1.807, 2.05) is 48.2 Å². The number of likely N-dealkylation sites (tertiary alicyclic amines) is 1. The minimum absolute atomic E-state index is 0.0606. The molecule has 3 rings (SSSR count). The summed E-state index contributed by atoms with van der Waals surface area (Å²) in [5, 5.41) is 0.744. The average Bonchev–Trinajstić information content (AvgIpc) is 2.62. The summed E-state index contributed by atoms with van der Waals surface area (Å²) < 4.78 is 0. The lowest BCUT2D eigenvalue weighted by atomic mass is 9.90. The minimum atomic E-state index is 0.0606. The lowest BCUT2D eigenvalue weighted by Gasteiger charge is -2.33. The number of benzene rings is 1. The number of amides is 1. The van der Waals surface area contributed by atoms with E-state index < -0.39 is 0 Å². The van der Waals surface area contributed by atoms with Gasteiger partial charge in [0.2, 0.25) is 0 Å². The lowest BCUT2D eigenvalue weighted by Crippen LogP contribution is -2.39. The van der Waals surface area contributed by atoms with Gasteiger partial charge in [-0.2, -0.15) is 0 Å². The molecule has 0 spiro atoms. The quantitative estimate of drug-likeness (QED) is 0.850. The average molecular weight is 344 g/mol. The maximum absolute atomic E-state index is 13.0. The highest BCUT2D eigenvalue weighted by atomic mass is 35.5. The van der Waals surface area contributed by atoms with Crippen LogP contribution in [0.3, 0.4) is 0 Å². The van der Waals surface area contributed by atoms with E-state index in [0.29, 0.717) is 11.5 Å². The molecule has 0 N–H and O–H groups in total.